The quantitative estimate of drug-likeness (QED) is 0.542. The standard InChI is InChI=1S/C10H18BNO2/c1-6-8(7-12)11-13-9(2,3)10(4,5)14-11/h6-7,12H,1-5H3/b8-6+,12-7?. The van der Waals surface area contributed by atoms with Crippen molar-refractivity contribution in [2.45, 2.75) is 45.8 Å². The molecule has 1 aliphatic rings. The molecule has 4 heteroatoms. The van der Waals surface area contributed by atoms with E-state index in [9.17, 15) is 0 Å². The lowest BCUT2D eigenvalue weighted by Gasteiger charge is -2.32. The van der Waals surface area contributed by atoms with Gasteiger partial charge in [-0.1, -0.05) is 6.08 Å². The number of hydrogen-bond acceptors (Lipinski definition) is 3. The number of allylic oxidation sites excluding steroid dienone is 2. The summed E-state index contributed by atoms with van der Waals surface area (Å²) in [4.78, 5) is 0. The minimum Gasteiger partial charge on any atom is -0.399 e. The van der Waals surface area contributed by atoms with E-state index in [1.165, 1.54) is 6.21 Å². The molecule has 78 valence electrons. The van der Waals surface area contributed by atoms with Gasteiger partial charge in [0.05, 0.1) is 11.2 Å². The third-order valence-electron chi connectivity index (χ3n) is 3.03. The number of rotatable bonds is 2. The van der Waals surface area contributed by atoms with Crippen molar-refractivity contribution in [1.29, 1.82) is 5.41 Å². The molecular weight excluding hydrogens is 177 g/mol. The molecule has 0 atom stereocenters. The van der Waals surface area contributed by atoms with Crippen molar-refractivity contribution in [3.05, 3.63) is 11.5 Å². The van der Waals surface area contributed by atoms with Gasteiger partial charge in [0, 0.05) is 6.21 Å². The van der Waals surface area contributed by atoms with Gasteiger partial charge < -0.3 is 14.7 Å². The summed E-state index contributed by atoms with van der Waals surface area (Å²) in [5.74, 6) is 0. The summed E-state index contributed by atoms with van der Waals surface area (Å²) in [6, 6.07) is 0. The minimum absolute atomic E-state index is 0.324. The Labute approximate surface area is 86.1 Å². The molecule has 0 aromatic carbocycles. The molecule has 3 nitrogen and oxygen atoms in total. The molecule has 0 radical (unpaired) electrons. The Bertz CT molecular complexity index is 255. The van der Waals surface area contributed by atoms with Crippen LogP contribution in [-0.2, 0) is 9.31 Å². The summed E-state index contributed by atoms with van der Waals surface area (Å²) in [6.45, 7) is 9.90. The average molecular weight is 195 g/mol. The van der Waals surface area contributed by atoms with Gasteiger partial charge in [-0.15, -0.1) is 0 Å². The first-order chi connectivity index (χ1) is 6.34. The van der Waals surface area contributed by atoms with Crippen molar-refractivity contribution < 1.29 is 9.31 Å². The van der Waals surface area contributed by atoms with Gasteiger partial charge in [0.25, 0.3) is 0 Å². The second-order valence-electron chi connectivity index (χ2n) is 4.52. The Morgan fingerprint density at radius 3 is 1.86 bits per heavy atom. The Morgan fingerprint density at radius 2 is 1.57 bits per heavy atom. The van der Waals surface area contributed by atoms with Gasteiger partial charge in [-0.25, -0.2) is 0 Å². The molecule has 1 aliphatic heterocycles. The van der Waals surface area contributed by atoms with Crippen LogP contribution in [0.15, 0.2) is 11.5 Å². The lowest BCUT2D eigenvalue weighted by Crippen LogP contribution is -2.41. The fourth-order valence-electron chi connectivity index (χ4n) is 1.27. The topological polar surface area (TPSA) is 42.3 Å². The van der Waals surface area contributed by atoms with Crippen LogP contribution in [0.3, 0.4) is 0 Å². The van der Waals surface area contributed by atoms with Crippen molar-refractivity contribution in [2.75, 3.05) is 0 Å². The van der Waals surface area contributed by atoms with Crippen LogP contribution in [-0.4, -0.2) is 24.5 Å². The molecule has 1 N–H and O–H groups in total. The van der Waals surface area contributed by atoms with Gasteiger partial charge in [-0.2, -0.15) is 0 Å². The first kappa shape index (κ1) is 11.5. The summed E-state index contributed by atoms with van der Waals surface area (Å²) in [6.07, 6.45) is 3.12. The highest BCUT2D eigenvalue weighted by molar-refractivity contribution is 6.60. The predicted molar refractivity (Wildman–Crippen MR) is 58.6 cm³/mol. The van der Waals surface area contributed by atoms with Crippen molar-refractivity contribution in [3.8, 4) is 0 Å². The molecule has 14 heavy (non-hydrogen) atoms. The second kappa shape index (κ2) is 3.52. The largest absolute Gasteiger partial charge is 0.496 e. The first-order valence-corrected chi connectivity index (χ1v) is 4.86. The van der Waals surface area contributed by atoms with E-state index >= 15 is 0 Å². The van der Waals surface area contributed by atoms with Crippen LogP contribution in [0.2, 0.25) is 0 Å². The van der Waals surface area contributed by atoms with E-state index in [1.807, 2.05) is 40.7 Å². The molecule has 1 saturated heterocycles. The molecule has 1 heterocycles. The summed E-state index contributed by atoms with van der Waals surface area (Å²) in [7, 11) is -0.400. The predicted octanol–water partition coefficient (Wildman–Crippen LogP) is 2.21. The van der Waals surface area contributed by atoms with Crippen LogP contribution in [0.5, 0.6) is 0 Å². The summed E-state index contributed by atoms with van der Waals surface area (Å²) in [5, 5.41) is 7.23. The summed E-state index contributed by atoms with van der Waals surface area (Å²) in [5.41, 5.74) is 0.118. The highest BCUT2D eigenvalue weighted by Crippen LogP contribution is 2.38. The molecule has 0 saturated carbocycles. The van der Waals surface area contributed by atoms with Gasteiger partial charge in [-0.3, -0.25) is 0 Å². The van der Waals surface area contributed by atoms with Crippen LogP contribution in [0.1, 0.15) is 34.6 Å². The Balaban J connectivity index is 2.88. The van der Waals surface area contributed by atoms with Crippen LogP contribution in [0.25, 0.3) is 0 Å². The minimum atomic E-state index is -0.400. The zero-order chi connectivity index (χ0) is 11.0. The molecule has 0 bridgehead atoms. The molecule has 0 spiro atoms. The zero-order valence-corrected chi connectivity index (χ0v) is 9.55. The van der Waals surface area contributed by atoms with Gasteiger partial charge in [-0.05, 0) is 40.1 Å². The second-order valence-corrected chi connectivity index (χ2v) is 4.52. The fraction of sp³-hybridized carbons (Fsp3) is 0.700. The maximum Gasteiger partial charge on any atom is 0.496 e. The molecule has 0 aromatic rings. The van der Waals surface area contributed by atoms with Crippen molar-refractivity contribution in [3.63, 3.8) is 0 Å². The van der Waals surface area contributed by atoms with E-state index in [-0.39, 0.29) is 11.2 Å². The molecule has 1 rings (SSSR count). The fourth-order valence-corrected chi connectivity index (χ4v) is 1.27. The van der Waals surface area contributed by atoms with E-state index in [4.69, 9.17) is 14.7 Å². The van der Waals surface area contributed by atoms with Gasteiger partial charge in [0.1, 0.15) is 0 Å². The molecule has 0 aromatic heterocycles. The van der Waals surface area contributed by atoms with E-state index < -0.39 is 7.12 Å². The zero-order valence-electron chi connectivity index (χ0n) is 9.55. The maximum atomic E-state index is 7.23. The SMILES string of the molecule is C/C=C(\C=N)B1OC(C)(C)C(C)(C)O1. The van der Waals surface area contributed by atoms with E-state index in [1.54, 1.807) is 0 Å². The van der Waals surface area contributed by atoms with Crippen LogP contribution in [0, 0.1) is 5.41 Å². The molecule has 0 aliphatic carbocycles. The highest BCUT2D eigenvalue weighted by Gasteiger charge is 2.51. The van der Waals surface area contributed by atoms with Crippen LogP contribution < -0.4 is 0 Å². The smallest absolute Gasteiger partial charge is 0.399 e. The van der Waals surface area contributed by atoms with Gasteiger partial charge in [0.2, 0.25) is 0 Å². The number of hydrogen-bond donors (Lipinski definition) is 1. The summed E-state index contributed by atoms with van der Waals surface area (Å²) >= 11 is 0. The molecule has 1 fully saturated rings. The maximum absolute atomic E-state index is 7.23. The van der Waals surface area contributed by atoms with Crippen molar-refractivity contribution in [1.82, 2.24) is 0 Å². The molecular formula is C10H18BNO2. The van der Waals surface area contributed by atoms with Crippen LogP contribution >= 0.6 is 0 Å². The lowest BCUT2D eigenvalue weighted by atomic mass is 9.79. The summed E-state index contributed by atoms with van der Waals surface area (Å²) < 4.78 is 11.5. The molecule has 0 amide bonds. The van der Waals surface area contributed by atoms with E-state index in [0.717, 1.165) is 5.47 Å². The lowest BCUT2D eigenvalue weighted by molar-refractivity contribution is 0.00578. The Hall–Kier alpha value is -0.605. The third-order valence-corrected chi connectivity index (χ3v) is 3.03. The van der Waals surface area contributed by atoms with Crippen molar-refractivity contribution >= 4 is 13.3 Å². The van der Waals surface area contributed by atoms with E-state index in [2.05, 4.69) is 0 Å². The number of nitrogens with one attached hydrogen (secondary N) is 1. The Kier molecular flexibility index (Phi) is 2.88. The average Bonchev–Trinajstić information content (AvgIpc) is 2.23. The van der Waals surface area contributed by atoms with Gasteiger partial charge >= 0.3 is 7.12 Å². The van der Waals surface area contributed by atoms with Crippen molar-refractivity contribution in [2.24, 2.45) is 0 Å². The Morgan fingerprint density at radius 1 is 1.14 bits per heavy atom. The van der Waals surface area contributed by atoms with Gasteiger partial charge in [0.15, 0.2) is 0 Å². The van der Waals surface area contributed by atoms with Crippen LogP contribution in [0.4, 0.5) is 0 Å². The van der Waals surface area contributed by atoms with E-state index in [0.29, 0.717) is 0 Å². The third kappa shape index (κ3) is 1.77. The normalized spacial score (nSPS) is 25.2. The molecule has 0 unspecified atom stereocenters. The first-order valence-electron chi connectivity index (χ1n) is 4.86. The monoisotopic (exact) mass is 195 g/mol. The highest BCUT2D eigenvalue weighted by atomic mass is 16.7.